The van der Waals surface area contributed by atoms with Crippen molar-refractivity contribution in [2.45, 2.75) is 0 Å². The van der Waals surface area contributed by atoms with Crippen molar-refractivity contribution < 1.29 is 9.47 Å². The maximum Gasteiger partial charge on any atom is 0.162 e. The van der Waals surface area contributed by atoms with Crippen molar-refractivity contribution in [3.63, 3.8) is 0 Å². The van der Waals surface area contributed by atoms with Crippen molar-refractivity contribution in [1.82, 2.24) is 9.78 Å². The molecule has 0 spiro atoms. The molecule has 2 aromatic rings. The molecule has 0 atom stereocenters. The van der Waals surface area contributed by atoms with E-state index in [0.717, 1.165) is 11.4 Å². The fraction of sp³-hybridized carbons (Fsp3) is 0.250. The molecular weight excluding hydrogens is 218 g/mol. The van der Waals surface area contributed by atoms with Crippen LogP contribution < -0.4 is 14.8 Å². The Bertz CT molecular complexity index is 508. The average Bonchev–Trinajstić information content (AvgIpc) is 2.74. The van der Waals surface area contributed by atoms with Gasteiger partial charge in [0, 0.05) is 25.0 Å². The number of hydrogen-bond donors (Lipinski definition) is 1. The minimum absolute atomic E-state index is 0.696. The van der Waals surface area contributed by atoms with Crippen LogP contribution in [0.3, 0.4) is 0 Å². The van der Waals surface area contributed by atoms with E-state index in [0.29, 0.717) is 11.5 Å². The molecule has 0 fully saturated rings. The lowest BCUT2D eigenvalue weighted by Crippen LogP contribution is -1.93. The molecule has 0 aliphatic rings. The van der Waals surface area contributed by atoms with Gasteiger partial charge in [0.05, 0.1) is 26.1 Å². The number of rotatable bonds is 4. The molecule has 0 aliphatic carbocycles. The van der Waals surface area contributed by atoms with Crippen molar-refractivity contribution in [2.24, 2.45) is 7.05 Å². The predicted molar refractivity (Wildman–Crippen MR) is 66.0 cm³/mol. The maximum absolute atomic E-state index is 5.23. The van der Waals surface area contributed by atoms with Gasteiger partial charge in [-0.05, 0) is 12.1 Å². The molecule has 0 unspecified atom stereocenters. The normalized spacial score (nSPS) is 10.1. The Balaban J connectivity index is 2.22. The number of aryl methyl sites for hydroxylation is 1. The van der Waals surface area contributed by atoms with Crippen LogP contribution in [-0.2, 0) is 7.05 Å². The van der Waals surface area contributed by atoms with Crippen LogP contribution in [0.25, 0.3) is 0 Å². The van der Waals surface area contributed by atoms with Crippen LogP contribution in [0.2, 0.25) is 0 Å². The molecule has 1 aromatic heterocycles. The smallest absolute Gasteiger partial charge is 0.162 e. The van der Waals surface area contributed by atoms with Crippen LogP contribution in [0, 0.1) is 0 Å². The van der Waals surface area contributed by atoms with Gasteiger partial charge in [-0.15, -0.1) is 0 Å². The van der Waals surface area contributed by atoms with Gasteiger partial charge in [-0.2, -0.15) is 5.10 Å². The van der Waals surface area contributed by atoms with Gasteiger partial charge < -0.3 is 14.8 Å². The first kappa shape index (κ1) is 11.3. The Morgan fingerprint density at radius 2 is 1.88 bits per heavy atom. The number of nitrogens with zero attached hydrogens (tertiary/aromatic N) is 2. The standard InChI is InChI=1S/C12H15N3O2/c1-15-8-10(7-13-15)14-9-4-5-11(16-2)12(6-9)17-3/h4-8,14H,1-3H3. The van der Waals surface area contributed by atoms with Crippen molar-refractivity contribution in [1.29, 1.82) is 0 Å². The Kier molecular flexibility index (Phi) is 3.18. The zero-order valence-corrected chi connectivity index (χ0v) is 10.1. The van der Waals surface area contributed by atoms with Crippen LogP contribution in [0.1, 0.15) is 0 Å². The lowest BCUT2D eigenvalue weighted by Gasteiger charge is -2.10. The molecule has 0 radical (unpaired) electrons. The van der Waals surface area contributed by atoms with Gasteiger partial charge in [0.15, 0.2) is 11.5 Å². The van der Waals surface area contributed by atoms with E-state index < -0.39 is 0 Å². The Morgan fingerprint density at radius 3 is 2.47 bits per heavy atom. The van der Waals surface area contributed by atoms with Gasteiger partial charge in [-0.1, -0.05) is 0 Å². The lowest BCUT2D eigenvalue weighted by molar-refractivity contribution is 0.355. The number of hydrogen-bond acceptors (Lipinski definition) is 4. The van der Waals surface area contributed by atoms with E-state index in [2.05, 4.69) is 10.4 Å². The van der Waals surface area contributed by atoms with Crippen LogP contribution in [0.4, 0.5) is 11.4 Å². The second kappa shape index (κ2) is 4.78. The van der Waals surface area contributed by atoms with Gasteiger partial charge in [0.25, 0.3) is 0 Å². The van der Waals surface area contributed by atoms with Crippen molar-refractivity contribution in [2.75, 3.05) is 19.5 Å². The maximum atomic E-state index is 5.23. The van der Waals surface area contributed by atoms with Gasteiger partial charge >= 0.3 is 0 Å². The third-order valence-electron chi connectivity index (χ3n) is 2.38. The minimum Gasteiger partial charge on any atom is -0.493 e. The van der Waals surface area contributed by atoms with E-state index in [9.17, 15) is 0 Å². The molecule has 0 saturated carbocycles. The van der Waals surface area contributed by atoms with E-state index in [1.165, 1.54) is 0 Å². The van der Waals surface area contributed by atoms with Crippen LogP contribution in [-0.4, -0.2) is 24.0 Å². The summed E-state index contributed by atoms with van der Waals surface area (Å²) in [6.45, 7) is 0. The van der Waals surface area contributed by atoms with E-state index in [4.69, 9.17) is 9.47 Å². The van der Waals surface area contributed by atoms with Crippen LogP contribution in [0.5, 0.6) is 11.5 Å². The second-order valence-corrected chi connectivity index (χ2v) is 3.60. The topological polar surface area (TPSA) is 48.3 Å². The molecule has 5 heteroatoms. The summed E-state index contributed by atoms with van der Waals surface area (Å²) in [4.78, 5) is 0. The highest BCUT2D eigenvalue weighted by Gasteiger charge is 2.05. The van der Waals surface area contributed by atoms with Crippen molar-refractivity contribution in [3.8, 4) is 11.5 Å². The average molecular weight is 233 g/mol. The fourth-order valence-electron chi connectivity index (χ4n) is 1.57. The van der Waals surface area contributed by atoms with Gasteiger partial charge in [-0.3, -0.25) is 4.68 Å². The van der Waals surface area contributed by atoms with Crippen LogP contribution >= 0.6 is 0 Å². The Hall–Kier alpha value is -2.17. The molecule has 0 bridgehead atoms. The quantitative estimate of drug-likeness (QED) is 0.879. The number of ether oxygens (including phenoxy) is 2. The molecule has 1 aromatic carbocycles. The summed E-state index contributed by atoms with van der Waals surface area (Å²) in [6.07, 6.45) is 3.66. The molecule has 1 N–H and O–H groups in total. The van der Waals surface area contributed by atoms with E-state index in [1.54, 1.807) is 25.1 Å². The van der Waals surface area contributed by atoms with Gasteiger partial charge in [0.2, 0.25) is 0 Å². The molecule has 1 heterocycles. The first-order valence-corrected chi connectivity index (χ1v) is 5.20. The molecular formula is C12H15N3O2. The zero-order valence-electron chi connectivity index (χ0n) is 10.1. The van der Waals surface area contributed by atoms with Gasteiger partial charge in [0.1, 0.15) is 0 Å². The molecule has 5 nitrogen and oxygen atoms in total. The summed E-state index contributed by atoms with van der Waals surface area (Å²) >= 11 is 0. The number of anilines is 2. The Labute approximate surface area is 100.0 Å². The number of methoxy groups -OCH3 is 2. The molecule has 0 saturated heterocycles. The first-order chi connectivity index (χ1) is 8.22. The largest absolute Gasteiger partial charge is 0.493 e. The number of aromatic nitrogens is 2. The second-order valence-electron chi connectivity index (χ2n) is 3.60. The summed E-state index contributed by atoms with van der Waals surface area (Å²) in [5, 5.41) is 7.32. The lowest BCUT2D eigenvalue weighted by atomic mass is 10.2. The molecule has 90 valence electrons. The summed E-state index contributed by atoms with van der Waals surface area (Å²) in [7, 11) is 5.11. The Morgan fingerprint density at radius 1 is 1.12 bits per heavy atom. The summed E-state index contributed by atoms with van der Waals surface area (Å²) in [6, 6.07) is 5.66. The van der Waals surface area contributed by atoms with Crippen molar-refractivity contribution in [3.05, 3.63) is 30.6 Å². The highest BCUT2D eigenvalue weighted by atomic mass is 16.5. The highest BCUT2D eigenvalue weighted by Crippen LogP contribution is 2.30. The molecule has 17 heavy (non-hydrogen) atoms. The highest BCUT2D eigenvalue weighted by molar-refractivity contribution is 5.62. The van der Waals surface area contributed by atoms with E-state index >= 15 is 0 Å². The van der Waals surface area contributed by atoms with Crippen molar-refractivity contribution >= 4 is 11.4 Å². The minimum atomic E-state index is 0.696. The first-order valence-electron chi connectivity index (χ1n) is 5.20. The molecule has 0 amide bonds. The third kappa shape index (κ3) is 2.50. The number of nitrogens with one attached hydrogen (secondary N) is 1. The molecule has 2 rings (SSSR count). The summed E-state index contributed by atoms with van der Waals surface area (Å²) < 4.78 is 12.1. The van der Waals surface area contributed by atoms with E-state index in [-0.39, 0.29) is 0 Å². The van der Waals surface area contributed by atoms with E-state index in [1.807, 2.05) is 31.4 Å². The fourth-order valence-corrected chi connectivity index (χ4v) is 1.57. The SMILES string of the molecule is COc1ccc(Nc2cnn(C)c2)cc1OC. The summed E-state index contributed by atoms with van der Waals surface area (Å²) in [5.41, 5.74) is 1.86. The van der Waals surface area contributed by atoms with Crippen LogP contribution in [0.15, 0.2) is 30.6 Å². The van der Waals surface area contributed by atoms with Gasteiger partial charge in [-0.25, -0.2) is 0 Å². The summed E-state index contributed by atoms with van der Waals surface area (Å²) in [5.74, 6) is 1.41. The molecule has 0 aliphatic heterocycles. The zero-order chi connectivity index (χ0) is 12.3. The monoisotopic (exact) mass is 233 g/mol. The number of benzene rings is 1. The third-order valence-corrected chi connectivity index (χ3v) is 2.38. The predicted octanol–water partition coefficient (Wildman–Crippen LogP) is 2.18.